The molecule has 2 N–H and O–H groups in total. The maximum Gasteiger partial charge on any atom is 0.145 e. The van der Waals surface area contributed by atoms with Crippen LogP contribution in [-0.4, -0.2) is 19.3 Å². The van der Waals surface area contributed by atoms with Crippen LogP contribution in [-0.2, 0) is 4.74 Å². The lowest BCUT2D eigenvalue weighted by Gasteiger charge is -2.27. The van der Waals surface area contributed by atoms with Gasteiger partial charge in [0.15, 0.2) is 0 Å². The van der Waals surface area contributed by atoms with E-state index in [1.54, 1.807) is 0 Å². The quantitative estimate of drug-likeness (QED) is 0.790. The van der Waals surface area contributed by atoms with Crippen molar-refractivity contribution in [2.24, 2.45) is 5.73 Å². The molecule has 1 fully saturated rings. The van der Waals surface area contributed by atoms with Gasteiger partial charge in [0.1, 0.15) is 11.9 Å². The van der Waals surface area contributed by atoms with Crippen molar-refractivity contribution in [3.05, 3.63) is 29.8 Å². The van der Waals surface area contributed by atoms with Crippen molar-refractivity contribution in [2.75, 3.05) is 13.2 Å². The van der Waals surface area contributed by atoms with Gasteiger partial charge in [0.25, 0.3) is 0 Å². The molecule has 0 spiro atoms. The van der Waals surface area contributed by atoms with Crippen molar-refractivity contribution in [2.45, 2.75) is 19.1 Å². The fourth-order valence-corrected chi connectivity index (χ4v) is 1.35. The van der Waals surface area contributed by atoms with Gasteiger partial charge in [-0.3, -0.25) is 0 Å². The van der Waals surface area contributed by atoms with Crippen LogP contribution in [0.1, 0.15) is 18.5 Å². The molecule has 0 bridgehead atoms. The van der Waals surface area contributed by atoms with Gasteiger partial charge in [-0.15, -0.1) is 0 Å². The van der Waals surface area contributed by atoms with Gasteiger partial charge in [-0.2, -0.15) is 0 Å². The molecule has 0 saturated carbocycles. The van der Waals surface area contributed by atoms with E-state index in [2.05, 4.69) is 0 Å². The van der Waals surface area contributed by atoms with Gasteiger partial charge < -0.3 is 15.2 Å². The molecule has 1 atom stereocenters. The van der Waals surface area contributed by atoms with Crippen molar-refractivity contribution in [1.29, 1.82) is 0 Å². The summed E-state index contributed by atoms with van der Waals surface area (Å²) in [5.74, 6) is 0.883. The SMILES string of the molecule is CC(N)c1cccc(OC2COC2)c1. The molecule has 1 unspecified atom stereocenters. The van der Waals surface area contributed by atoms with Crippen molar-refractivity contribution >= 4 is 0 Å². The Morgan fingerprint density at radius 2 is 2.29 bits per heavy atom. The average molecular weight is 193 g/mol. The predicted molar refractivity (Wildman–Crippen MR) is 54.3 cm³/mol. The molecule has 0 amide bonds. The molecule has 1 aliphatic rings. The lowest BCUT2D eigenvalue weighted by molar-refractivity contribution is -0.0797. The first-order valence-electron chi connectivity index (χ1n) is 4.85. The van der Waals surface area contributed by atoms with Gasteiger partial charge in [-0.1, -0.05) is 12.1 Å². The zero-order valence-electron chi connectivity index (χ0n) is 8.27. The fraction of sp³-hybridized carbons (Fsp3) is 0.455. The minimum atomic E-state index is 0.0520. The molecule has 0 aliphatic carbocycles. The summed E-state index contributed by atoms with van der Waals surface area (Å²) in [4.78, 5) is 0. The number of ether oxygens (including phenoxy) is 2. The molecule has 0 radical (unpaired) electrons. The fourth-order valence-electron chi connectivity index (χ4n) is 1.35. The molecule has 0 aromatic heterocycles. The van der Waals surface area contributed by atoms with Crippen molar-refractivity contribution in [3.63, 3.8) is 0 Å². The van der Waals surface area contributed by atoms with Crippen LogP contribution in [0.15, 0.2) is 24.3 Å². The second kappa shape index (κ2) is 3.98. The monoisotopic (exact) mass is 193 g/mol. The summed E-state index contributed by atoms with van der Waals surface area (Å²) in [7, 11) is 0. The summed E-state index contributed by atoms with van der Waals surface area (Å²) in [5, 5.41) is 0. The maximum absolute atomic E-state index is 5.78. The minimum Gasteiger partial charge on any atom is -0.486 e. The largest absolute Gasteiger partial charge is 0.486 e. The number of benzene rings is 1. The Bertz CT molecular complexity index is 308. The molecule has 1 aliphatic heterocycles. The Labute approximate surface area is 83.8 Å². The predicted octanol–water partition coefficient (Wildman–Crippen LogP) is 1.48. The van der Waals surface area contributed by atoms with Crippen molar-refractivity contribution < 1.29 is 9.47 Å². The number of rotatable bonds is 3. The summed E-state index contributed by atoms with van der Waals surface area (Å²) in [6, 6.07) is 7.96. The highest BCUT2D eigenvalue weighted by Crippen LogP contribution is 2.20. The number of hydrogen-bond donors (Lipinski definition) is 1. The molecule has 2 rings (SSSR count). The Morgan fingerprint density at radius 3 is 2.86 bits per heavy atom. The highest BCUT2D eigenvalue weighted by Gasteiger charge is 2.19. The lowest BCUT2D eigenvalue weighted by atomic mass is 10.1. The van der Waals surface area contributed by atoms with Gasteiger partial charge in [-0.25, -0.2) is 0 Å². The van der Waals surface area contributed by atoms with E-state index in [9.17, 15) is 0 Å². The first kappa shape index (κ1) is 9.49. The second-order valence-corrected chi connectivity index (χ2v) is 3.64. The number of hydrogen-bond acceptors (Lipinski definition) is 3. The third-order valence-electron chi connectivity index (χ3n) is 2.29. The summed E-state index contributed by atoms with van der Waals surface area (Å²) in [6.45, 7) is 3.36. The molecule has 1 aromatic carbocycles. The normalized spacial score (nSPS) is 18.7. The van der Waals surface area contributed by atoms with Crippen LogP contribution in [0.3, 0.4) is 0 Å². The molecule has 14 heavy (non-hydrogen) atoms. The van der Waals surface area contributed by atoms with Gasteiger partial charge in [0.2, 0.25) is 0 Å². The minimum absolute atomic E-state index is 0.0520. The third-order valence-corrected chi connectivity index (χ3v) is 2.29. The van der Waals surface area contributed by atoms with Crippen molar-refractivity contribution in [3.8, 4) is 5.75 Å². The smallest absolute Gasteiger partial charge is 0.145 e. The summed E-state index contributed by atoms with van der Waals surface area (Å²) in [5.41, 5.74) is 6.88. The van der Waals surface area contributed by atoms with Crippen LogP contribution >= 0.6 is 0 Å². The van der Waals surface area contributed by atoms with Crippen LogP contribution in [0, 0.1) is 0 Å². The van der Waals surface area contributed by atoms with Crippen LogP contribution in [0.5, 0.6) is 5.75 Å². The van der Waals surface area contributed by atoms with E-state index in [0.29, 0.717) is 13.2 Å². The summed E-state index contributed by atoms with van der Waals surface area (Å²) in [6.07, 6.45) is 0.221. The average Bonchev–Trinajstić information content (AvgIpc) is 2.12. The highest BCUT2D eigenvalue weighted by atomic mass is 16.6. The van der Waals surface area contributed by atoms with Gasteiger partial charge in [0, 0.05) is 6.04 Å². The third kappa shape index (κ3) is 2.05. The molecule has 76 valence electrons. The number of nitrogens with two attached hydrogens (primary N) is 1. The zero-order valence-corrected chi connectivity index (χ0v) is 8.27. The zero-order chi connectivity index (χ0) is 9.97. The van der Waals surface area contributed by atoms with Crippen LogP contribution in [0.25, 0.3) is 0 Å². The first-order chi connectivity index (χ1) is 6.75. The van der Waals surface area contributed by atoms with E-state index in [1.807, 2.05) is 31.2 Å². The van der Waals surface area contributed by atoms with E-state index in [1.165, 1.54) is 0 Å². The van der Waals surface area contributed by atoms with Gasteiger partial charge >= 0.3 is 0 Å². The van der Waals surface area contributed by atoms with Crippen LogP contribution in [0.4, 0.5) is 0 Å². The van der Waals surface area contributed by atoms with E-state index in [0.717, 1.165) is 11.3 Å². The van der Waals surface area contributed by atoms with Gasteiger partial charge in [0.05, 0.1) is 13.2 Å². The Kier molecular flexibility index (Phi) is 2.70. The van der Waals surface area contributed by atoms with Gasteiger partial charge in [-0.05, 0) is 24.6 Å². The summed E-state index contributed by atoms with van der Waals surface area (Å²) < 4.78 is 10.7. The van der Waals surface area contributed by atoms with E-state index < -0.39 is 0 Å². The maximum atomic E-state index is 5.78. The molecule has 1 heterocycles. The standard InChI is InChI=1S/C11H15NO2/c1-8(12)9-3-2-4-10(5-9)14-11-6-13-7-11/h2-5,8,11H,6-7,12H2,1H3. The van der Waals surface area contributed by atoms with E-state index >= 15 is 0 Å². The molecular formula is C11H15NO2. The summed E-state index contributed by atoms with van der Waals surface area (Å²) >= 11 is 0. The molecule has 1 saturated heterocycles. The first-order valence-corrected chi connectivity index (χ1v) is 4.85. The Morgan fingerprint density at radius 1 is 1.50 bits per heavy atom. The Balaban J connectivity index is 2.05. The van der Waals surface area contributed by atoms with Crippen LogP contribution in [0.2, 0.25) is 0 Å². The second-order valence-electron chi connectivity index (χ2n) is 3.64. The Hall–Kier alpha value is -1.06. The van der Waals surface area contributed by atoms with Crippen LogP contribution < -0.4 is 10.5 Å². The lowest BCUT2D eigenvalue weighted by Crippen LogP contribution is -2.38. The van der Waals surface area contributed by atoms with E-state index in [4.69, 9.17) is 15.2 Å². The molecule has 3 heteroatoms. The van der Waals surface area contributed by atoms with E-state index in [-0.39, 0.29) is 12.1 Å². The highest BCUT2D eigenvalue weighted by molar-refractivity contribution is 5.30. The molecule has 3 nitrogen and oxygen atoms in total. The molecule has 1 aromatic rings. The topological polar surface area (TPSA) is 44.5 Å². The molecular weight excluding hydrogens is 178 g/mol. The van der Waals surface area contributed by atoms with Crippen molar-refractivity contribution in [1.82, 2.24) is 0 Å².